The number of aromatic hydroxyl groups is 1. The Labute approximate surface area is 312 Å². The van der Waals surface area contributed by atoms with Crippen molar-refractivity contribution in [3.05, 3.63) is 65.9 Å². The summed E-state index contributed by atoms with van der Waals surface area (Å²) in [6, 6.07) is 5.96. The molecule has 0 unspecified atom stereocenters. The third kappa shape index (κ3) is 12.9. The fourth-order valence-electron chi connectivity index (χ4n) is 5.58. The maximum atomic E-state index is 13.9. The second-order valence-corrected chi connectivity index (χ2v) is 13.7. The lowest BCUT2D eigenvalue weighted by molar-refractivity contribution is -0.143. The Bertz CT molecular complexity index is 1810. The highest BCUT2D eigenvalue weighted by molar-refractivity contribution is 5.97. The molecule has 0 saturated carbocycles. The number of carboxylic acid groups (broad SMARTS) is 1. The Kier molecular flexibility index (Phi) is 15.5. The van der Waals surface area contributed by atoms with E-state index in [-0.39, 0.29) is 43.8 Å². The van der Waals surface area contributed by atoms with E-state index in [1.54, 1.807) is 32.2 Å². The lowest BCUT2D eigenvalue weighted by atomic mass is 10.0. The number of H-pyrrole nitrogens is 1. The number of rotatable bonds is 20. The molecule has 0 radical (unpaired) electrons. The van der Waals surface area contributed by atoms with Crippen molar-refractivity contribution in [3.8, 4) is 5.75 Å². The number of carbonyl (C=O) groups is 7. The number of nitrogens with two attached hydrogens (primary N) is 2. The Hall–Kier alpha value is -5.97. The summed E-state index contributed by atoms with van der Waals surface area (Å²) in [4.78, 5) is 93.4. The van der Waals surface area contributed by atoms with Crippen LogP contribution in [0.3, 0.4) is 0 Å². The smallest absolute Gasteiger partial charge is 0.326 e. The van der Waals surface area contributed by atoms with Gasteiger partial charge in [-0.15, -0.1) is 0 Å². The predicted molar refractivity (Wildman–Crippen MR) is 198 cm³/mol. The van der Waals surface area contributed by atoms with Crippen LogP contribution in [0, 0.1) is 5.92 Å². The second kappa shape index (κ2) is 19.8. The molecule has 3 aromatic rings. The number of aromatic amines is 1. The molecule has 0 spiro atoms. The number of benzene rings is 2. The third-order valence-corrected chi connectivity index (χ3v) is 8.54. The van der Waals surface area contributed by atoms with Crippen molar-refractivity contribution in [1.29, 1.82) is 0 Å². The van der Waals surface area contributed by atoms with Gasteiger partial charge in [0.15, 0.2) is 0 Å². The number of para-hydroxylation sites is 1. The minimum atomic E-state index is -1.37. The molecule has 17 nitrogen and oxygen atoms in total. The molecule has 2 aromatic carbocycles. The van der Waals surface area contributed by atoms with E-state index in [1.807, 2.05) is 24.3 Å². The van der Waals surface area contributed by atoms with Crippen LogP contribution in [0.5, 0.6) is 5.75 Å². The van der Waals surface area contributed by atoms with Crippen LogP contribution < -0.4 is 38.1 Å². The van der Waals surface area contributed by atoms with Crippen molar-refractivity contribution in [2.45, 2.75) is 96.1 Å². The van der Waals surface area contributed by atoms with Gasteiger partial charge >= 0.3 is 5.97 Å². The summed E-state index contributed by atoms with van der Waals surface area (Å²) in [6.45, 7) is 6.35. The molecule has 0 aliphatic carbocycles. The van der Waals surface area contributed by atoms with Crippen molar-refractivity contribution in [3.63, 3.8) is 0 Å². The van der Waals surface area contributed by atoms with E-state index < -0.39 is 77.7 Å². The molecule has 6 atom stereocenters. The number of amides is 6. The summed E-state index contributed by atoms with van der Waals surface area (Å²) in [7, 11) is 0. The fraction of sp³-hybridized carbons (Fsp3) is 0.432. The van der Waals surface area contributed by atoms with Gasteiger partial charge in [-0.25, -0.2) is 4.79 Å². The number of hydrogen-bond donors (Lipinski definition) is 10. The highest BCUT2D eigenvalue weighted by Gasteiger charge is 2.32. The fourth-order valence-corrected chi connectivity index (χ4v) is 5.58. The van der Waals surface area contributed by atoms with E-state index in [9.17, 15) is 43.8 Å². The molecule has 0 saturated heterocycles. The van der Waals surface area contributed by atoms with E-state index in [0.29, 0.717) is 11.1 Å². The molecule has 3 rings (SSSR count). The van der Waals surface area contributed by atoms with Crippen LogP contribution in [-0.4, -0.2) is 92.9 Å². The molecule has 1 aromatic heterocycles. The van der Waals surface area contributed by atoms with Crippen LogP contribution >= 0.6 is 0 Å². The van der Waals surface area contributed by atoms with Crippen LogP contribution in [0.15, 0.2) is 54.7 Å². The molecule has 6 amide bonds. The van der Waals surface area contributed by atoms with Crippen molar-refractivity contribution in [1.82, 2.24) is 31.6 Å². The number of nitrogens with one attached hydrogen (secondary N) is 6. The third-order valence-electron chi connectivity index (χ3n) is 8.54. The highest BCUT2D eigenvalue weighted by Crippen LogP contribution is 2.20. The number of carbonyl (C=O) groups excluding carboxylic acids is 6. The molecule has 292 valence electrons. The molecule has 0 fully saturated rings. The minimum Gasteiger partial charge on any atom is -0.508 e. The molecule has 12 N–H and O–H groups in total. The maximum absolute atomic E-state index is 13.9. The molecule has 0 bridgehead atoms. The minimum absolute atomic E-state index is 0.00314. The maximum Gasteiger partial charge on any atom is 0.326 e. The Balaban J connectivity index is 1.86. The topological polar surface area (TPSA) is 288 Å². The van der Waals surface area contributed by atoms with E-state index >= 15 is 0 Å². The van der Waals surface area contributed by atoms with Crippen LogP contribution in [0.2, 0.25) is 0 Å². The quantitative estimate of drug-likeness (QED) is 0.0729. The number of aliphatic carboxylic acids is 1. The summed E-state index contributed by atoms with van der Waals surface area (Å²) in [5, 5.41) is 32.8. The highest BCUT2D eigenvalue weighted by atomic mass is 16.4. The molecule has 0 aliphatic rings. The SMILES string of the molecule is CC(C)C[C@H](NC(=O)[C@H](CCC(N)=O)NC(=O)[C@H](C)NC(=O)[C@H](Cc1c[nH]c2ccccc12)NC(=O)[C@H](Cc1ccc(O)cc1)NC(=O)[C@H](C)N)C(=O)O. The number of aromatic nitrogens is 1. The van der Waals surface area contributed by atoms with Crippen molar-refractivity contribution in [2.75, 3.05) is 0 Å². The summed E-state index contributed by atoms with van der Waals surface area (Å²) >= 11 is 0. The summed E-state index contributed by atoms with van der Waals surface area (Å²) < 4.78 is 0. The monoisotopic (exact) mass is 750 g/mol. The van der Waals surface area contributed by atoms with Crippen LogP contribution in [0.1, 0.15) is 58.1 Å². The van der Waals surface area contributed by atoms with Gasteiger partial charge in [0.1, 0.15) is 36.0 Å². The van der Waals surface area contributed by atoms with Gasteiger partial charge in [0, 0.05) is 36.4 Å². The molecular formula is C37H50N8O9. The number of phenols is 1. The van der Waals surface area contributed by atoms with Gasteiger partial charge in [-0.05, 0) is 61.9 Å². The molecular weight excluding hydrogens is 700 g/mol. The van der Waals surface area contributed by atoms with E-state index in [1.165, 1.54) is 26.0 Å². The molecule has 0 aliphatic heterocycles. The van der Waals surface area contributed by atoms with Crippen molar-refractivity contribution >= 4 is 52.3 Å². The number of primary amides is 1. The Morgan fingerprint density at radius 2 is 1.26 bits per heavy atom. The van der Waals surface area contributed by atoms with Gasteiger partial charge < -0.3 is 53.2 Å². The van der Waals surface area contributed by atoms with Gasteiger partial charge in [0.05, 0.1) is 6.04 Å². The number of phenolic OH excluding ortho intramolecular Hbond substituents is 1. The average Bonchev–Trinajstić information content (AvgIpc) is 3.51. The number of carboxylic acids is 1. The first-order valence-corrected chi connectivity index (χ1v) is 17.6. The first-order valence-electron chi connectivity index (χ1n) is 17.6. The summed E-state index contributed by atoms with van der Waals surface area (Å²) in [5.41, 5.74) is 13.1. The Morgan fingerprint density at radius 1 is 0.704 bits per heavy atom. The van der Waals surface area contributed by atoms with Crippen molar-refractivity contribution in [2.24, 2.45) is 17.4 Å². The van der Waals surface area contributed by atoms with Crippen LogP contribution in [-0.2, 0) is 46.4 Å². The van der Waals surface area contributed by atoms with Crippen LogP contribution in [0.25, 0.3) is 10.9 Å². The molecule has 54 heavy (non-hydrogen) atoms. The summed E-state index contributed by atoms with van der Waals surface area (Å²) in [6.07, 6.45) is 1.20. The summed E-state index contributed by atoms with van der Waals surface area (Å²) in [5.74, 6) is -5.92. The zero-order chi connectivity index (χ0) is 40.1. The van der Waals surface area contributed by atoms with Crippen molar-refractivity contribution < 1.29 is 43.8 Å². The van der Waals surface area contributed by atoms with Gasteiger partial charge in [-0.3, -0.25) is 28.8 Å². The first kappa shape index (κ1) is 42.4. The van der Waals surface area contributed by atoms with Gasteiger partial charge in [0.25, 0.3) is 0 Å². The largest absolute Gasteiger partial charge is 0.508 e. The molecule has 17 heteroatoms. The lowest BCUT2D eigenvalue weighted by Crippen LogP contribution is -2.59. The van der Waals surface area contributed by atoms with E-state index in [0.717, 1.165) is 10.9 Å². The normalized spacial score (nSPS) is 14.5. The number of fused-ring (bicyclic) bond motifs is 1. The predicted octanol–water partition coefficient (Wildman–Crippen LogP) is -0.154. The van der Waals surface area contributed by atoms with E-state index in [2.05, 4.69) is 31.6 Å². The standard InChI is InChI=1S/C37H50N8O9/c1-19(2)15-30(37(53)54)45-34(50)27(13-14-31(39)47)42-33(49)21(4)41-35(51)29(17-23-18-40-26-8-6-5-7-25(23)26)44-36(52)28(43-32(48)20(3)38)16-22-9-11-24(46)12-10-22/h5-12,18-21,27-30,40,46H,13-17,38H2,1-4H3,(H2,39,47)(H,41,51)(H,42,49)(H,43,48)(H,44,52)(H,45,50)(H,53,54)/t20-,21-,27-,28-,29-,30-/m0/s1. The van der Waals surface area contributed by atoms with E-state index in [4.69, 9.17) is 11.5 Å². The van der Waals surface area contributed by atoms with Crippen LogP contribution in [0.4, 0.5) is 0 Å². The Morgan fingerprint density at radius 3 is 1.87 bits per heavy atom. The lowest BCUT2D eigenvalue weighted by Gasteiger charge is -2.26. The first-order chi connectivity index (χ1) is 25.4. The second-order valence-electron chi connectivity index (χ2n) is 13.7. The number of hydrogen-bond acceptors (Lipinski definition) is 9. The van der Waals surface area contributed by atoms with Gasteiger partial charge in [-0.2, -0.15) is 0 Å². The van der Waals surface area contributed by atoms with Gasteiger partial charge in [0.2, 0.25) is 35.4 Å². The average molecular weight is 751 g/mol. The molecule has 1 heterocycles. The van der Waals surface area contributed by atoms with Gasteiger partial charge in [-0.1, -0.05) is 44.2 Å². The zero-order valence-corrected chi connectivity index (χ0v) is 30.7. The zero-order valence-electron chi connectivity index (χ0n) is 30.7.